The lowest BCUT2D eigenvalue weighted by atomic mass is 10.1. The molecule has 0 saturated carbocycles. The third-order valence-electron chi connectivity index (χ3n) is 4.38. The monoisotopic (exact) mass is 431 g/mol. The number of carbonyl (C=O) groups is 2. The average Bonchev–Trinajstić information content (AvgIpc) is 2.65. The Bertz CT molecular complexity index is 707. The second-order valence-corrected chi connectivity index (χ2v) is 9.17. The molecule has 0 spiro atoms. The van der Waals surface area contributed by atoms with Crippen LogP contribution in [0.15, 0.2) is 30.3 Å². The zero-order valence-corrected chi connectivity index (χ0v) is 17.8. The van der Waals surface area contributed by atoms with E-state index in [2.05, 4.69) is 5.32 Å². The molecule has 7 N–H and O–H groups in total. The molecule has 1 rings (SSSR count). The number of amides is 1. The van der Waals surface area contributed by atoms with Gasteiger partial charge in [-0.25, -0.2) is 4.79 Å². The second kappa shape index (κ2) is 12.0. The molecule has 1 amide bonds. The van der Waals surface area contributed by atoms with Crippen molar-refractivity contribution in [2.24, 2.45) is 17.4 Å². The summed E-state index contributed by atoms with van der Waals surface area (Å²) in [5, 5.41) is 11.8. The lowest BCUT2D eigenvalue weighted by Gasteiger charge is -2.29. The van der Waals surface area contributed by atoms with Crippen LogP contribution >= 0.6 is 7.60 Å². The Labute approximate surface area is 172 Å². The number of carbonyl (C=O) groups excluding carboxylic acids is 1. The van der Waals surface area contributed by atoms with E-state index in [1.54, 1.807) is 13.8 Å². The smallest absolute Gasteiger partial charge is 0.351 e. The number of rotatable bonds is 13. The highest BCUT2D eigenvalue weighted by Gasteiger charge is 2.40. The number of carboxylic acids is 1. The molecule has 0 radical (unpaired) electrons. The van der Waals surface area contributed by atoms with E-state index in [9.17, 15) is 24.2 Å². The van der Waals surface area contributed by atoms with Crippen LogP contribution in [0.4, 0.5) is 0 Å². The van der Waals surface area contributed by atoms with Crippen LogP contribution in [0.5, 0.6) is 0 Å². The van der Waals surface area contributed by atoms with E-state index in [1.807, 2.05) is 30.3 Å². The Balaban J connectivity index is 0.00000841. The minimum Gasteiger partial charge on any atom is -0.479 e. The largest absolute Gasteiger partial charge is 0.479 e. The number of hydrogen-bond donors (Lipinski definition) is 5. The fourth-order valence-electron chi connectivity index (χ4n) is 2.78. The van der Waals surface area contributed by atoms with Crippen LogP contribution in [-0.2, 0) is 25.1 Å². The summed E-state index contributed by atoms with van der Waals surface area (Å²) in [4.78, 5) is 34.3. The van der Waals surface area contributed by atoms with Crippen LogP contribution in [0, 0.1) is 5.92 Å². The van der Waals surface area contributed by atoms with Gasteiger partial charge in [-0.1, -0.05) is 44.2 Å². The molecular formula is C19H34N3O6P. The summed E-state index contributed by atoms with van der Waals surface area (Å²) >= 11 is 0. The molecule has 0 saturated heterocycles. The van der Waals surface area contributed by atoms with Crippen molar-refractivity contribution >= 4 is 19.5 Å². The maximum absolute atomic E-state index is 12.8. The Kier molecular flexibility index (Phi) is 10.5. The number of carboxylic acid groups (broad SMARTS) is 1. The molecule has 0 fully saturated rings. The van der Waals surface area contributed by atoms with Crippen LogP contribution in [0.3, 0.4) is 0 Å². The molecule has 10 heteroatoms. The molecule has 166 valence electrons. The number of unbranched alkanes of at least 4 members (excludes halogenated alkanes) is 1. The molecule has 9 nitrogen and oxygen atoms in total. The zero-order chi connectivity index (χ0) is 22.0. The summed E-state index contributed by atoms with van der Waals surface area (Å²) in [7, 11) is -4.49. The van der Waals surface area contributed by atoms with Crippen molar-refractivity contribution in [3.05, 3.63) is 35.9 Å². The van der Waals surface area contributed by atoms with Gasteiger partial charge in [0.2, 0.25) is 5.91 Å². The first-order valence-electron chi connectivity index (χ1n) is 9.62. The number of benzene rings is 1. The summed E-state index contributed by atoms with van der Waals surface area (Å²) in [6, 6.07) is 8.21. The number of hydrogen-bond acceptors (Lipinski definition) is 6. The van der Waals surface area contributed by atoms with Gasteiger partial charge in [0.05, 0.1) is 6.04 Å². The predicted molar refractivity (Wildman–Crippen MR) is 112 cm³/mol. The van der Waals surface area contributed by atoms with E-state index in [1.165, 1.54) is 0 Å². The van der Waals surface area contributed by atoms with Crippen LogP contribution in [-0.4, -0.2) is 46.3 Å². The lowest BCUT2D eigenvalue weighted by molar-refractivity contribution is -0.145. The van der Waals surface area contributed by atoms with Crippen molar-refractivity contribution in [3.8, 4) is 0 Å². The van der Waals surface area contributed by atoms with Gasteiger partial charge in [0.25, 0.3) is 0 Å². The Hall–Kier alpha value is -1.77. The molecule has 1 aromatic rings. The van der Waals surface area contributed by atoms with Crippen molar-refractivity contribution in [2.45, 2.75) is 57.5 Å². The first-order valence-corrected chi connectivity index (χ1v) is 11.3. The first-order chi connectivity index (χ1) is 13.6. The first kappa shape index (κ1) is 25.3. The molecule has 1 aromatic carbocycles. The molecular weight excluding hydrogens is 397 g/mol. The highest BCUT2D eigenvalue weighted by Crippen LogP contribution is 2.50. The van der Waals surface area contributed by atoms with E-state index in [-0.39, 0.29) is 14.3 Å². The highest BCUT2D eigenvalue weighted by atomic mass is 31.2. The van der Waals surface area contributed by atoms with Gasteiger partial charge in [0.15, 0.2) is 6.10 Å². The van der Waals surface area contributed by atoms with Crippen LogP contribution < -0.4 is 16.8 Å². The van der Waals surface area contributed by atoms with Crippen molar-refractivity contribution in [2.75, 3.05) is 6.54 Å². The molecule has 0 heterocycles. The van der Waals surface area contributed by atoms with Gasteiger partial charge in [0.1, 0.15) is 5.78 Å². The van der Waals surface area contributed by atoms with E-state index in [0.717, 1.165) is 5.56 Å². The summed E-state index contributed by atoms with van der Waals surface area (Å²) in [6.45, 7) is 3.64. The standard InChI is InChI=1S/C19H32N3O6P.H2/c1-13(2)18(22-17(23)15(21)12-14-8-4-3-5-9-14)29(26,27)28-16(19(24)25)10-6-7-11-20;/h3-5,8-9,13,15-16,18H,6-7,10-12,20-21H2,1-2H3,(H,22,23)(H,24,25)(H,26,27);1H. The Morgan fingerprint density at radius 1 is 1.24 bits per heavy atom. The maximum Gasteiger partial charge on any atom is 0.351 e. The average molecular weight is 431 g/mol. The van der Waals surface area contributed by atoms with E-state index in [0.29, 0.717) is 19.4 Å². The fraction of sp³-hybridized carbons (Fsp3) is 0.579. The van der Waals surface area contributed by atoms with Gasteiger partial charge in [-0.3, -0.25) is 13.9 Å². The van der Waals surface area contributed by atoms with Crippen molar-refractivity contribution in [1.82, 2.24) is 5.32 Å². The minimum atomic E-state index is -4.49. The molecule has 0 aliphatic heterocycles. The minimum absolute atomic E-state index is 0. The lowest BCUT2D eigenvalue weighted by Crippen LogP contribution is -2.48. The van der Waals surface area contributed by atoms with Gasteiger partial charge >= 0.3 is 13.6 Å². The fourth-order valence-corrected chi connectivity index (χ4v) is 4.52. The van der Waals surface area contributed by atoms with Gasteiger partial charge in [-0.15, -0.1) is 0 Å². The van der Waals surface area contributed by atoms with Gasteiger partial charge < -0.3 is 26.8 Å². The molecule has 0 aliphatic rings. The van der Waals surface area contributed by atoms with Gasteiger partial charge in [-0.2, -0.15) is 0 Å². The zero-order valence-electron chi connectivity index (χ0n) is 16.9. The molecule has 0 aromatic heterocycles. The van der Waals surface area contributed by atoms with Crippen molar-refractivity contribution in [3.63, 3.8) is 0 Å². The maximum atomic E-state index is 12.8. The summed E-state index contributed by atoms with van der Waals surface area (Å²) in [6.07, 6.45) is -0.155. The van der Waals surface area contributed by atoms with E-state index >= 15 is 0 Å². The molecule has 4 unspecified atom stereocenters. The van der Waals surface area contributed by atoms with Crippen LogP contribution in [0.25, 0.3) is 0 Å². The number of aliphatic carboxylic acids is 1. The van der Waals surface area contributed by atoms with Crippen molar-refractivity contribution in [1.29, 1.82) is 0 Å². The quantitative estimate of drug-likeness (QED) is 0.232. The summed E-state index contributed by atoms with van der Waals surface area (Å²) in [5.41, 5.74) is 12.2. The summed E-state index contributed by atoms with van der Waals surface area (Å²) < 4.78 is 17.9. The van der Waals surface area contributed by atoms with Crippen LogP contribution in [0.1, 0.15) is 40.1 Å². The van der Waals surface area contributed by atoms with E-state index < -0.39 is 43.3 Å². The second-order valence-electron chi connectivity index (χ2n) is 7.27. The molecule has 0 aliphatic carbocycles. The topological polar surface area (TPSA) is 165 Å². The number of nitrogens with two attached hydrogens (primary N) is 2. The highest BCUT2D eigenvalue weighted by molar-refractivity contribution is 7.53. The third kappa shape index (κ3) is 8.64. The normalized spacial score (nSPS) is 16.6. The Morgan fingerprint density at radius 3 is 2.38 bits per heavy atom. The SMILES string of the molecule is CC(C)C(NC(=O)C(N)Cc1ccccc1)P(=O)(O)OC(CCCCN)C(=O)O.[HH]. The number of nitrogens with one attached hydrogen (secondary N) is 1. The van der Waals surface area contributed by atoms with Gasteiger partial charge in [0, 0.05) is 1.43 Å². The van der Waals surface area contributed by atoms with Crippen LogP contribution in [0.2, 0.25) is 0 Å². The summed E-state index contributed by atoms with van der Waals surface area (Å²) in [5.74, 6) is -3.73. The molecule has 4 atom stereocenters. The Morgan fingerprint density at radius 2 is 1.86 bits per heavy atom. The molecule has 0 bridgehead atoms. The van der Waals surface area contributed by atoms with Crippen molar-refractivity contribution < 1.29 is 30.1 Å². The predicted octanol–water partition coefficient (Wildman–Crippen LogP) is 1.68. The van der Waals surface area contributed by atoms with E-state index in [4.69, 9.17) is 16.0 Å². The molecule has 29 heavy (non-hydrogen) atoms. The van der Waals surface area contributed by atoms with Gasteiger partial charge in [-0.05, 0) is 43.7 Å². The third-order valence-corrected chi connectivity index (χ3v) is 6.37.